The van der Waals surface area contributed by atoms with Crippen LogP contribution in [0.15, 0.2) is 18.2 Å². The van der Waals surface area contributed by atoms with Crippen LogP contribution in [0.4, 0.5) is 22.0 Å². The molecule has 2 atom stereocenters. The molecule has 2 heterocycles. The molecule has 1 aromatic carbocycles. The number of nitrogens with zero attached hydrogens (tertiary/aromatic N) is 2. The lowest BCUT2D eigenvalue weighted by molar-refractivity contribution is -0.211. The maximum atomic E-state index is 13.4. The largest absolute Gasteiger partial charge is 0.434 e. The second-order valence-corrected chi connectivity index (χ2v) is 10.7. The molecule has 0 bridgehead atoms. The standard InChI is InChI=1S/C25H32ClF5N4O2.O2S/c1-5-35-21(19(26)20(34-35)22(36)33-13-16-8-6-14(2)12-32-16)17-9-7-15(10-18(17)37-23(27)28)11-24(3,4)25(29,30)31;1-3-2/h7,9-10,14,16,23,32H,5-6,8,11-13H2,1-4H3,(H,33,36);/t14-,16-;/m1./s1. The Hall–Kier alpha value is -2.58. The number of aryl methyl sites for hydroxylation is 1. The molecular formula is C25H32ClF5N4O4S. The van der Waals surface area contributed by atoms with Crippen LogP contribution in [0.1, 0.15) is 56.6 Å². The predicted octanol–water partition coefficient (Wildman–Crippen LogP) is 5.40. The Labute approximate surface area is 237 Å². The Balaban J connectivity index is 0.00000178. The van der Waals surface area contributed by atoms with Crippen molar-refractivity contribution >= 4 is 29.1 Å². The summed E-state index contributed by atoms with van der Waals surface area (Å²) < 4.78 is 89.3. The number of hydrogen-bond acceptors (Lipinski definition) is 6. The van der Waals surface area contributed by atoms with E-state index in [1.54, 1.807) is 6.92 Å². The van der Waals surface area contributed by atoms with Crippen LogP contribution >= 0.6 is 11.6 Å². The minimum atomic E-state index is -4.49. The number of nitrogens with one attached hydrogen (secondary N) is 2. The molecule has 15 heteroatoms. The maximum absolute atomic E-state index is 13.4. The van der Waals surface area contributed by atoms with Crippen molar-refractivity contribution in [3.05, 3.63) is 34.5 Å². The number of aromatic nitrogens is 2. The maximum Gasteiger partial charge on any atom is 0.394 e. The molecule has 1 aromatic heterocycles. The molecule has 1 fully saturated rings. The second kappa shape index (κ2) is 14.4. The van der Waals surface area contributed by atoms with E-state index in [0.29, 0.717) is 12.5 Å². The third-order valence-corrected chi connectivity index (χ3v) is 6.97. The topological polar surface area (TPSA) is 102 Å². The molecule has 1 aliphatic rings. The number of ether oxygens (including phenoxy) is 1. The van der Waals surface area contributed by atoms with Crippen molar-refractivity contribution in [2.75, 3.05) is 13.1 Å². The van der Waals surface area contributed by atoms with E-state index in [1.807, 2.05) is 0 Å². The monoisotopic (exact) mass is 614 g/mol. The zero-order chi connectivity index (χ0) is 30.3. The van der Waals surface area contributed by atoms with Gasteiger partial charge in [-0.3, -0.25) is 9.48 Å². The van der Waals surface area contributed by atoms with E-state index in [0.717, 1.165) is 39.3 Å². The van der Waals surface area contributed by atoms with Gasteiger partial charge in [0.2, 0.25) is 0 Å². The van der Waals surface area contributed by atoms with Gasteiger partial charge in [-0.1, -0.05) is 38.4 Å². The average Bonchev–Trinajstić information content (AvgIpc) is 3.19. The first-order chi connectivity index (χ1) is 18.6. The smallest absolute Gasteiger partial charge is 0.394 e. The van der Waals surface area contributed by atoms with Gasteiger partial charge in [0.15, 0.2) is 5.69 Å². The third kappa shape index (κ3) is 8.71. The van der Waals surface area contributed by atoms with Crippen molar-refractivity contribution in [2.24, 2.45) is 11.3 Å². The van der Waals surface area contributed by atoms with Crippen molar-refractivity contribution in [3.8, 4) is 17.0 Å². The summed E-state index contributed by atoms with van der Waals surface area (Å²) in [5.41, 5.74) is -1.75. The van der Waals surface area contributed by atoms with Crippen molar-refractivity contribution in [2.45, 2.75) is 72.3 Å². The number of alkyl halides is 5. The number of amides is 1. The molecule has 8 nitrogen and oxygen atoms in total. The van der Waals surface area contributed by atoms with Gasteiger partial charge in [-0.15, -0.1) is 0 Å². The van der Waals surface area contributed by atoms with Gasteiger partial charge in [0.05, 0.1) is 16.1 Å². The lowest BCUT2D eigenvalue weighted by Gasteiger charge is -2.28. The Morgan fingerprint density at radius 3 is 2.45 bits per heavy atom. The normalized spacial score (nSPS) is 17.7. The van der Waals surface area contributed by atoms with E-state index < -0.39 is 42.1 Å². The zero-order valence-electron chi connectivity index (χ0n) is 22.4. The first-order valence-electron chi connectivity index (χ1n) is 12.5. The van der Waals surface area contributed by atoms with Crippen molar-refractivity contribution in [1.29, 1.82) is 0 Å². The van der Waals surface area contributed by atoms with Gasteiger partial charge in [0, 0.05) is 24.7 Å². The van der Waals surface area contributed by atoms with Gasteiger partial charge >= 0.3 is 24.4 Å². The van der Waals surface area contributed by atoms with E-state index in [2.05, 4.69) is 27.4 Å². The van der Waals surface area contributed by atoms with Gasteiger partial charge in [0.25, 0.3) is 5.91 Å². The van der Waals surface area contributed by atoms with Gasteiger partial charge in [0.1, 0.15) is 5.75 Å². The molecule has 3 rings (SSSR count). The Morgan fingerprint density at radius 1 is 1.27 bits per heavy atom. The highest BCUT2D eigenvalue weighted by atomic mass is 35.5. The summed E-state index contributed by atoms with van der Waals surface area (Å²) in [5.74, 6) is -0.298. The number of hydrogen-bond donors (Lipinski definition) is 2. The van der Waals surface area contributed by atoms with Crippen LogP contribution in [0.25, 0.3) is 11.3 Å². The molecule has 40 heavy (non-hydrogen) atoms. The molecule has 2 N–H and O–H groups in total. The molecule has 224 valence electrons. The van der Waals surface area contributed by atoms with Gasteiger partial charge in [-0.25, -0.2) is 0 Å². The number of rotatable bonds is 9. The minimum Gasteiger partial charge on any atom is -0.434 e. The molecule has 0 saturated carbocycles. The fraction of sp³-hybridized carbons (Fsp3) is 0.600. The predicted molar refractivity (Wildman–Crippen MR) is 140 cm³/mol. The molecule has 0 radical (unpaired) electrons. The van der Waals surface area contributed by atoms with Gasteiger partial charge < -0.3 is 15.4 Å². The number of halogens is 6. The number of carbonyl (C=O) groups excluding carboxylic acids is 1. The van der Waals surface area contributed by atoms with E-state index in [9.17, 15) is 26.7 Å². The van der Waals surface area contributed by atoms with Crippen LogP contribution in [0, 0.1) is 11.3 Å². The van der Waals surface area contributed by atoms with Crippen molar-refractivity contribution in [1.82, 2.24) is 20.4 Å². The van der Waals surface area contributed by atoms with E-state index in [1.165, 1.54) is 16.8 Å². The molecule has 0 unspecified atom stereocenters. The molecule has 1 saturated heterocycles. The summed E-state index contributed by atoms with van der Waals surface area (Å²) in [6.07, 6.45) is -2.98. The Morgan fingerprint density at radius 2 is 1.93 bits per heavy atom. The molecule has 0 aliphatic carbocycles. The number of benzene rings is 1. The lowest BCUT2D eigenvalue weighted by atomic mass is 9.84. The van der Waals surface area contributed by atoms with E-state index in [-0.39, 0.29) is 45.9 Å². The quantitative estimate of drug-likeness (QED) is 0.367. The molecule has 0 spiro atoms. The zero-order valence-corrected chi connectivity index (χ0v) is 24.0. The Bertz CT molecular complexity index is 1190. The fourth-order valence-corrected chi connectivity index (χ4v) is 4.60. The van der Waals surface area contributed by atoms with Crippen LogP contribution in [-0.2, 0) is 24.5 Å². The van der Waals surface area contributed by atoms with Crippen molar-refractivity contribution < 1.29 is 39.9 Å². The van der Waals surface area contributed by atoms with Crippen LogP contribution in [0.2, 0.25) is 5.02 Å². The highest BCUT2D eigenvalue weighted by Crippen LogP contribution is 2.43. The highest BCUT2D eigenvalue weighted by Gasteiger charge is 2.47. The summed E-state index contributed by atoms with van der Waals surface area (Å²) in [7, 11) is 0. The summed E-state index contributed by atoms with van der Waals surface area (Å²) in [6, 6.07) is 4.03. The molecule has 2 aromatic rings. The lowest BCUT2D eigenvalue weighted by Crippen LogP contribution is -2.45. The van der Waals surface area contributed by atoms with Gasteiger partial charge in [-0.05, 0) is 56.3 Å². The molecule has 1 aliphatic heterocycles. The molecular weight excluding hydrogens is 583 g/mol. The molecule has 1 amide bonds. The SMILES string of the molecule is CCn1nc(C(=O)NC[C@H]2CC[C@@H](C)CN2)c(Cl)c1-c1ccc(CC(C)(C)C(F)(F)F)cc1OC(F)F.O=S=O. The second-order valence-electron chi connectivity index (χ2n) is 10.2. The summed E-state index contributed by atoms with van der Waals surface area (Å²) >= 11 is 5.79. The summed E-state index contributed by atoms with van der Waals surface area (Å²) in [6.45, 7) is 4.21. The first-order valence-corrected chi connectivity index (χ1v) is 13.5. The number of carbonyl (C=O) groups is 1. The third-order valence-electron chi connectivity index (χ3n) is 6.61. The van der Waals surface area contributed by atoms with E-state index in [4.69, 9.17) is 20.0 Å². The Kier molecular flexibility index (Phi) is 12.1. The minimum absolute atomic E-state index is 0.0629. The summed E-state index contributed by atoms with van der Waals surface area (Å²) in [4.78, 5) is 12.9. The first kappa shape index (κ1) is 33.6. The van der Waals surface area contributed by atoms with Crippen molar-refractivity contribution in [3.63, 3.8) is 0 Å². The average molecular weight is 615 g/mol. The highest BCUT2D eigenvalue weighted by molar-refractivity contribution is 7.51. The fourth-order valence-electron chi connectivity index (χ4n) is 4.28. The summed E-state index contributed by atoms with van der Waals surface area (Å²) in [5, 5.41) is 10.4. The van der Waals surface area contributed by atoms with Gasteiger partial charge in [-0.2, -0.15) is 35.5 Å². The number of piperidine rings is 1. The van der Waals surface area contributed by atoms with Crippen LogP contribution in [0.3, 0.4) is 0 Å². The van der Waals surface area contributed by atoms with E-state index >= 15 is 0 Å². The van der Waals surface area contributed by atoms with Crippen LogP contribution in [-0.4, -0.2) is 56.0 Å². The van der Waals surface area contributed by atoms with Crippen LogP contribution in [0.5, 0.6) is 5.75 Å². The van der Waals surface area contributed by atoms with Crippen LogP contribution < -0.4 is 15.4 Å².